The quantitative estimate of drug-likeness (QED) is 0.876. The van der Waals surface area contributed by atoms with E-state index in [1.807, 2.05) is 24.3 Å². The highest BCUT2D eigenvalue weighted by molar-refractivity contribution is 5.49. The number of ether oxygens (including phenoxy) is 1. The van der Waals surface area contributed by atoms with Crippen LogP contribution < -0.4 is 10.1 Å². The smallest absolute Gasteiger partial charge is 0.119 e. The zero-order valence-electron chi connectivity index (χ0n) is 12.4. The number of benzene rings is 1. The van der Waals surface area contributed by atoms with Crippen molar-refractivity contribution in [1.82, 2.24) is 0 Å². The van der Waals surface area contributed by atoms with Crippen LogP contribution in [-0.4, -0.2) is 24.4 Å². The highest BCUT2D eigenvalue weighted by Gasteiger charge is 2.48. The number of aliphatic hydroxyl groups excluding tert-OH is 1. The summed E-state index contributed by atoms with van der Waals surface area (Å²) in [6, 6.07) is 7.90. The SMILES string of the molecule is COc1ccc(NC2(CO)CC(C)(C)CC2C)cc1. The van der Waals surface area contributed by atoms with Crippen molar-refractivity contribution in [2.45, 2.75) is 39.2 Å². The lowest BCUT2D eigenvalue weighted by atomic mass is 9.86. The highest BCUT2D eigenvalue weighted by Crippen LogP contribution is 2.48. The number of hydrogen-bond acceptors (Lipinski definition) is 3. The van der Waals surface area contributed by atoms with Crippen LogP contribution in [0, 0.1) is 11.3 Å². The van der Waals surface area contributed by atoms with Crippen LogP contribution in [0.2, 0.25) is 0 Å². The molecule has 2 atom stereocenters. The zero-order valence-corrected chi connectivity index (χ0v) is 12.4. The van der Waals surface area contributed by atoms with Gasteiger partial charge < -0.3 is 15.2 Å². The van der Waals surface area contributed by atoms with Crippen molar-refractivity contribution in [1.29, 1.82) is 0 Å². The minimum absolute atomic E-state index is 0.170. The van der Waals surface area contributed by atoms with Crippen LogP contribution in [0.25, 0.3) is 0 Å². The van der Waals surface area contributed by atoms with E-state index in [9.17, 15) is 5.11 Å². The average Bonchev–Trinajstić information content (AvgIpc) is 2.60. The highest BCUT2D eigenvalue weighted by atomic mass is 16.5. The van der Waals surface area contributed by atoms with Gasteiger partial charge in [0.2, 0.25) is 0 Å². The molecule has 2 rings (SSSR count). The van der Waals surface area contributed by atoms with E-state index >= 15 is 0 Å². The lowest BCUT2D eigenvalue weighted by Gasteiger charge is -2.35. The third-order valence-corrected chi connectivity index (χ3v) is 4.36. The second-order valence-corrected chi connectivity index (χ2v) is 6.61. The van der Waals surface area contributed by atoms with Crippen LogP contribution in [0.15, 0.2) is 24.3 Å². The van der Waals surface area contributed by atoms with E-state index in [2.05, 4.69) is 26.1 Å². The molecule has 1 aliphatic carbocycles. The van der Waals surface area contributed by atoms with Gasteiger partial charge in [-0.3, -0.25) is 0 Å². The molecule has 3 heteroatoms. The molecule has 0 amide bonds. The lowest BCUT2D eigenvalue weighted by molar-refractivity contribution is 0.179. The minimum Gasteiger partial charge on any atom is -0.497 e. The summed E-state index contributed by atoms with van der Waals surface area (Å²) >= 11 is 0. The molecular formula is C16H25NO2. The van der Waals surface area contributed by atoms with Crippen molar-refractivity contribution in [3.8, 4) is 5.75 Å². The molecule has 1 saturated carbocycles. The van der Waals surface area contributed by atoms with E-state index < -0.39 is 0 Å². The monoisotopic (exact) mass is 263 g/mol. The largest absolute Gasteiger partial charge is 0.497 e. The van der Waals surface area contributed by atoms with E-state index in [1.165, 1.54) is 0 Å². The van der Waals surface area contributed by atoms with Crippen molar-refractivity contribution in [2.24, 2.45) is 11.3 Å². The maximum absolute atomic E-state index is 9.89. The summed E-state index contributed by atoms with van der Waals surface area (Å²) in [7, 11) is 1.67. The van der Waals surface area contributed by atoms with E-state index in [1.54, 1.807) is 7.11 Å². The summed E-state index contributed by atoms with van der Waals surface area (Å²) in [4.78, 5) is 0. The van der Waals surface area contributed by atoms with E-state index in [0.717, 1.165) is 24.3 Å². The summed E-state index contributed by atoms with van der Waals surface area (Å²) in [5, 5.41) is 13.4. The first-order chi connectivity index (χ1) is 8.91. The molecule has 0 aliphatic heterocycles. The number of aliphatic hydroxyl groups is 1. The van der Waals surface area contributed by atoms with Gasteiger partial charge in [-0.15, -0.1) is 0 Å². The zero-order chi connectivity index (χ0) is 14.1. The standard InChI is InChI=1S/C16H25NO2/c1-12-9-15(2,3)10-16(12,11-18)17-13-5-7-14(19-4)8-6-13/h5-8,12,17-18H,9-11H2,1-4H3. The Bertz CT molecular complexity index is 427. The third kappa shape index (κ3) is 2.86. The van der Waals surface area contributed by atoms with Gasteiger partial charge in [0.05, 0.1) is 19.3 Å². The van der Waals surface area contributed by atoms with Crippen molar-refractivity contribution in [3.63, 3.8) is 0 Å². The fraction of sp³-hybridized carbons (Fsp3) is 0.625. The average molecular weight is 263 g/mol. The topological polar surface area (TPSA) is 41.5 Å². The lowest BCUT2D eigenvalue weighted by Crippen LogP contribution is -2.45. The van der Waals surface area contributed by atoms with Gasteiger partial charge in [0, 0.05) is 5.69 Å². The third-order valence-electron chi connectivity index (χ3n) is 4.36. The molecule has 1 aliphatic rings. The molecule has 0 spiro atoms. The summed E-state index contributed by atoms with van der Waals surface area (Å²) < 4.78 is 5.17. The molecule has 1 aromatic rings. The predicted octanol–water partition coefficient (Wildman–Crippen LogP) is 3.29. The molecule has 0 heterocycles. The normalized spacial score (nSPS) is 29.2. The molecule has 2 N–H and O–H groups in total. The molecule has 1 aromatic carbocycles. The van der Waals surface area contributed by atoms with Gasteiger partial charge in [0.25, 0.3) is 0 Å². The van der Waals surface area contributed by atoms with Crippen LogP contribution in [0.1, 0.15) is 33.6 Å². The Kier molecular flexibility index (Phi) is 3.77. The molecule has 1 fully saturated rings. The number of anilines is 1. The fourth-order valence-corrected chi connectivity index (χ4v) is 3.51. The Balaban J connectivity index is 2.18. The predicted molar refractivity (Wildman–Crippen MR) is 78.6 cm³/mol. The van der Waals surface area contributed by atoms with E-state index in [-0.39, 0.29) is 17.6 Å². The van der Waals surface area contributed by atoms with E-state index in [0.29, 0.717) is 5.92 Å². The van der Waals surface area contributed by atoms with Gasteiger partial charge >= 0.3 is 0 Å². The van der Waals surface area contributed by atoms with Crippen molar-refractivity contribution in [2.75, 3.05) is 19.0 Å². The van der Waals surface area contributed by atoms with Crippen molar-refractivity contribution >= 4 is 5.69 Å². The number of hydrogen-bond donors (Lipinski definition) is 2. The first-order valence-electron chi connectivity index (χ1n) is 6.94. The van der Waals surface area contributed by atoms with Gasteiger partial charge in [-0.2, -0.15) is 0 Å². The van der Waals surface area contributed by atoms with Gasteiger partial charge in [-0.05, 0) is 48.4 Å². The van der Waals surface area contributed by atoms with Crippen LogP contribution in [-0.2, 0) is 0 Å². The maximum atomic E-state index is 9.89. The molecular weight excluding hydrogens is 238 g/mol. The van der Waals surface area contributed by atoms with Crippen LogP contribution in [0.3, 0.4) is 0 Å². The number of methoxy groups -OCH3 is 1. The minimum atomic E-state index is -0.210. The Morgan fingerprint density at radius 3 is 2.37 bits per heavy atom. The first-order valence-corrected chi connectivity index (χ1v) is 6.94. The van der Waals surface area contributed by atoms with Gasteiger partial charge in [0.1, 0.15) is 5.75 Å². The molecule has 2 unspecified atom stereocenters. The summed E-state index contributed by atoms with van der Waals surface area (Å²) in [6.07, 6.45) is 2.13. The van der Waals surface area contributed by atoms with Gasteiger partial charge in [0.15, 0.2) is 0 Å². The molecule has 0 aromatic heterocycles. The van der Waals surface area contributed by atoms with Crippen molar-refractivity contribution < 1.29 is 9.84 Å². The molecule has 19 heavy (non-hydrogen) atoms. The molecule has 0 radical (unpaired) electrons. The Morgan fingerprint density at radius 2 is 1.95 bits per heavy atom. The molecule has 106 valence electrons. The summed E-state index contributed by atoms with van der Waals surface area (Å²) in [6.45, 7) is 6.94. The van der Waals surface area contributed by atoms with Gasteiger partial charge in [-0.25, -0.2) is 0 Å². The molecule has 0 bridgehead atoms. The summed E-state index contributed by atoms with van der Waals surface area (Å²) in [5.41, 5.74) is 1.11. The first kappa shape index (κ1) is 14.2. The Hall–Kier alpha value is -1.22. The molecule has 0 saturated heterocycles. The van der Waals surface area contributed by atoms with Crippen LogP contribution in [0.4, 0.5) is 5.69 Å². The second-order valence-electron chi connectivity index (χ2n) is 6.61. The van der Waals surface area contributed by atoms with Crippen LogP contribution >= 0.6 is 0 Å². The van der Waals surface area contributed by atoms with Crippen LogP contribution in [0.5, 0.6) is 5.75 Å². The Labute approximate surface area is 116 Å². The van der Waals surface area contributed by atoms with E-state index in [4.69, 9.17) is 4.74 Å². The van der Waals surface area contributed by atoms with Crippen molar-refractivity contribution in [3.05, 3.63) is 24.3 Å². The Morgan fingerprint density at radius 1 is 1.32 bits per heavy atom. The second kappa shape index (κ2) is 5.04. The summed E-state index contributed by atoms with van der Waals surface area (Å²) in [5.74, 6) is 1.30. The number of rotatable bonds is 4. The maximum Gasteiger partial charge on any atom is 0.119 e. The number of nitrogens with one attached hydrogen (secondary N) is 1. The molecule has 3 nitrogen and oxygen atoms in total. The fourth-order valence-electron chi connectivity index (χ4n) is 3.51. The van der Waals surface area contributed by atoms with Gasteiger partial charge in [-0.1, -0.05) is 20.8 Å².